The summed E-state index contributed by atoms with van der Waals surface area (Å²) in [5.74, 6) is -5.05. The van der Waals surface area contributed by atoms with E-state index in [1.165, 1.54) is 6.08 Å². The summed E-state index contributed by atoms with van der Waals surface area (Å²) < 4.78 is 44.8. The second-order valence-electron chi connectivity index (χ2n) is 17.7. The molecule has 4 aliphatic rings. The highest BCUT2D eigenvalue weighted by molar-refractivity contribution is 5.89. The summed E-state index contributed by atoms with van der Waals surface area (Å²) >= 11 is 0. The highest BCUT2D eigenvalue weighted by atomic mass is 16.7. The molecule has 1 fully saturated rings. The van der Waals surface area contributed by atoms with Crippen LogP contribution in [0, 0.1) is 0 Å². The molecular formula is C40H53NO15. The highest BCUT2D eigenvalue weighted by Crippen LogP contribution is 2.65. The fourth-order valence-corrected chi connectivity index (χ4v) is 7.88. The maximum atomic E-state index is 14.1. The Labute approximate surface area is 326 Å². The molecule has 5 rings (SSSR count). The average molecular weight is 788 g/mol. The van der Waals surface area contributed by atoms with Gasteiger partial charge in [0.2, 0.25) is 12.2 Å². The molecule has 0 radical (unpaired) electrons. The second-order valence-corrected chi connectivity index (χ2v) is 17.7. The van der Waals surface area contributed by atoms with Gasteiger partial charge in [-0.1, -0.05) is 6.07 Å². The van der Waals surface area contributed by atoms with Crippen molar-refractivity contribution in [2.45, 2.75) is 154 Å². The monoisotopic (exact) mass is 787 g/mol. The summed E-state index contributed by atoms with van der Waals surface area (Å²) in [5.41, 5.74) is -3.86. The fourth-order valence-electron chi connectivity index (χ4n) is 7.88. The molecule has 0 amide bonds. The second kappa shape index (κ2) is 15.0. The lowest BCUT2D eigenvalue weighted by molar-refractivity contribution is -0.186. The average Bonchev–Trinajstić information content (AvgIpc) is 3.37. The summed E-state index contributed by atoms with van der Waals surface area (Å²) in [6.07, 6.45) is -5.04. The maximum Gasteiger partial charge on any atom is 0.514 e. The third kappa shape index (κ3) is 8.80. The first-order chi connectivity index (χ1) is 25.7. The van der Waals surface area contributed by atoms with Crippen LogP contribution in [0.4, 0.5) is 4.79 Å². The van der Waals surface area contributed by atoms with Crippen molar-refractivity contribution >= 4 is 36.0 Å². The number of likely N-dealkylation sites (tertiary alicyclic amines) is 1. The normalized spacial score (nSPS) is 24.9. The third-order valence-corrected chi connectivity index (χ3v) is 9.78. The summed E-state index contributed by atoms with van der Waals surface area (Å²) in [6.45, 7) is 16.3. The lowest BCUT2D eigenvalue weighted by atomic mass is 9.50. The molecule has 16 nitrogen and oxygen atoms in total. The van der Waals surface area contributed by atoms with Gasteiger partial charge < -0.3 is 47.9 Å². The molecule has 1 spiro atoms. The number of carbonyl (C=O) groups excluding carboxylic acids is 6. The minimum atomic E-state index is -1.95. The van der Waals surface area contributed by atoms with Crippen LogP contribution in [0.2, 0.25) is 0 Å². The standard InChI is InChI=1S/C40H53NO15/c1-21(42)49-25(19-28(43)54-36(2,3)4)33(45)51-26(20-29(44)55-37(5,6)7)34(46)50-24-14-15-40(48)27-18-22-12-13-23(52-35(47)56-38(8,9)10)31-30(22)39(40,32(24)53-31)16-17-41(27)11/h12-14,25-27,32,48H,15-20H2,1-11H3/t25-,26-,27+,32-,39-,40+/m0/s1. The van der Waals surface area contributed by atoms with Crippen LogP contribution in [0.25, 0.3) is 0 Å². The molecule has 0 unspecified atom stereocenters. The number of hydrogen-bond donors (Lipinski definition) is 1. The number of ether oxygens (including phenoxy) is 8. The van der Waals surface area contributed by atoms with Crippen LogP contribution >= 0.6 is 0 Å². The maximum absolute atomic E-state index is 14.1. The zero-order valence-corrected chi connectivity index (χ0v) is 33.9. The number of likely N-dealkylation sites (N-methyl/N-ethyl adjacent to an activating group) is 1. The number of benzene rings is 1. The van der Waals surface area contributed by atoms with E-state index in [4.69, 9.17) is 37.9 Å². The van der Waals surface area contributed by atoms with E-state index in [-0.39, 0.29) is 29.7 Å². The third-order valence-electron chi connectivity index (χ3n) is 9.78. The van der Waals surface area contributed by atoms with Gasteiger partial charge in [-0.2, -0.15) is 0 Å². The van der Waals surface area contributed by atoms with Crippen molar-refractivity contribution in [3.8, 4) is 11.5 Å². The van der Waals surface area contributed by atoms with E-state index in [1.807, 2.05) is 13.1 Å². The quantitative estimate of drug-likeness (QED) is 0.201. The topological polar surface area (TPSA) is 200 Å². The Morgan fingerprint density at radius 2 is 1.41 bits per heavy atom. The van der Waals surface area contributed by atoms with E-state index in [1.54, 1.807) is 68.4 Å². The van der Waals surface area contributed by atoms with E-state index < -0.39 is 95.0 Å². The van der Waals surface area contributed by atoms with Crippen LogP contribution in [0.3, 0.4) is 0 Å². The Balaban J connectivity index is 1.48. The summed E-state index contributed by atoms with van der Waals surface area (Å²) in [5, 5.41) is 12.6. The van der Waals surface area contributed by atoms with Crippen molar-refractivity contribution < 1.29 is 71.8 Å². The zero-order valence-electron chi connectivity index (χ0n) is 33.9. The summed E-state index contributed by atoms with van der Waals surface area (Å²) in [4.78, 5) is 80.2. The first kappa shape index (κ1) is 42.4. The molecule has 2 heterocycles. The number of rotatable bonds is 10. The van der Waals surface area contributed by atoms with Gasteiger partial charge in [-0.25, -0.2) is 14.4 Å². The number of aliphatic hydroxyl groups is 1. The largest absolute Gasteiger partial charge is 0.514 e. The van der Waals surface area contributed by atoms with Gasteiger partial charge in [0, 0.05) is 24.9 Å². The van der Waals surface area contributed by atoms with Gasteiger partial charge in [0.05, 0.1) is 23.9 Å². The number of carbonyl (C=O) groups is 6. The number of hydrogen-bond acceptors (Lipinski definition) is 16. The Morgan fingerprint density at radius 3 is 1.96 bits per heavy atom. The van der Waals surface area contributed by atoms with Crippen molar-refractivity contribution in [1.82, 2.24) is 4.90 Å². The van der Waals surface area contributed by atoms with Crippen LogP contribution in [-0.4, -0.2) is 106 Å². The lowest BCUT2D eigenvalue weighted by Crippen LogP contribution is -2.74. The molecule has 56 heavy (non-hydrogen) atoms. The molecular weight excluding hydrogens is 734 g/mol. The number of piperidine rings is 1. The lowest BCUT2D eigenvalue weighted by Gasteiger charge is -2.61. The van der Waals surface area contributed by atoms with Gasteiger partial charge in [-0.3, -0.25) is 14.4 Å². The van der Waals surface area contributed by atoms with E-state index in [2.05, 4.69) is 4.90 Å². The van der Waals surface area contributed by atoms with Gasteiger partial charge in [-0.15, -0.1) is 0 Å². The Bertz CT molecular complexity index is 1810. The molecule has 1 saturated heterocycles. The molecule has 6 atom stereocenters. The summed E-state index contributed by atoms with van der Waals surface area (Å²) in [7, 11) is 1.92. The van der Waals surface area contributed by atoms with Gasteiger partial charge in [0.25, 0.3) is 0 Å². The molecule has 2 bridgehead atoms. The molecule has 308 valence electrons. The van der Waals surface area contributed by atoms with Crippen LogP contribution in [0.5, 0.6) is 11.5 Å². The Morgan fingerprint density at radius 1 is 0.839 bits per heavy atom. The Kier molecular flexibility index (Phi) is 11.4. The predicted molar refractivity (Wildman–Crippen MR) is 194 cm³/mol. The smallest absolute Gasteiger partial charge is 0.477 e. The van der Waals surface area contributed by atoms with Crippen molar-refractivity contribution in [1.29, 1.82) is 0 Å². The van der Waals surface area contributed by atoms with E-state index in [9.17, 15) is 33.9 Å². The SMILES string of the molecule is CC(=O)O[C@@H](CC(=O)OC(C)(C)C)C(=O)O[C@@H](CC(=O)OC(C)(C)C)C(=O)OC1=CC[C@@]2(O)[C@H]3Cc4ccc(OC(=O)OC(C)(C)C)c5c4[C@@]2(CCN3C)[C@H]1O5. The van der Waals surface area contributed by atoms with Gasteiger partial charge in [0.15, 0.2) is 17.6 Å². The molecule has 1 aromatic carbocycles. The Hall–Kier alpha value is -4.70. The highest BCUT2D eigenvalue weighted by Gasteiger charge is 2.72. The minimum absolute atomic E-state index is 0.0292. The first-order valence-corrected chi connectivity index (χ1v) is 18.6. The van der Waals surface area contributed by atoms with E-state index in [0.717, 1.165) is 12.5 Å². The first-order valence-electron chi connectivity index (χ1n) is 18.6. The molecule has 0 saturated carbocycles. The molecule has 16 heteroatoms. The van der Waals surface area contributed by atoms with Crippen LogP contribution < -0.4 is 9.47 Å². The van der Waals surface area contributed by atoms with Crippen LogP contribution in [0.15, 0.2) is 24.0 Å². The molecule has 2 aliphatic heterocycles. The predicted octanol–water partition coefficient (Wildman–Crippen LogP) is 4.13. The van der Waals surface area contributed by atoms with Crippen molar-refractivity contribution in [2.75, 3.05) is 13.6 Å². The number of nitrogens with zero attached hydrogens (tertiary/aromatic N) is 1. The van der Waals surface area contributed by atoms with E-state index in [0.29, 0.717) is 24.9 Å². The van der Waals surface area contributed by atoms with Crippen molar-refractivity contribution in [2.24, 2.45) is 0 Å². The number of esters is 5. The van der Waals surface area contributed by atoms with Crippen molar-refractivity contribution in [3.63, 3.8) is 0 Å². The fraction of sp³-hybridized carbons (Fsp3) is 0.650. The van der Waals surface area contributed by atoms with Crippen molar-refractivity contribution in [3.05, 3.63) is 35.1 Å². The summed E-state index contributed by atoms with van der Waals surface area (Å²) in [6, 6.07) is 3.06. The van der Waals surface area contributed by atoms with E-state index >= 15 is 0 Å². The zero-order chi connectivity index (χ0) is 41.8. The van der Waals surface area contributed by atoms with Gasteiger partial charge >= 0.3 is 36.0 Å². The minimum Gasteiger partial charge on any atom is -0.477 e. The van der Waals surface area contributed by atoms with Crippen LogP contribution in [-0.2, 0) is 64.2 Å². The molecule has 1 aromatic rings. The van der Waals surface area contributed by atoms with Gasteiger partial charge in [0.1, 0.15) is 22.6 Å². The van der Waals surface area contributed by atoms with Gasteiger partial charge in [-0.05, 0) is 106 Å². The molecule has 1 N–H and O–H groups in total. The molecule has 2 aliphatic carbocycles. The molecule has 0 aromatic heterocycles. The van der Waals surface area contributed by atoms with Crippen LogP contribution in [0.1, 0.15) is 106 Å².